The molecule has 4 nitrogen and oxygen atoms in total. The third kappa shape index (κ3) is 1.19. The average molecular weight is 213 g/mol. The van der Waals surface area contributed by atoms with Gasteiger partial charge in [-0.15, -0.1) is 5.10 Å². The number of rotatable bonds is 1. The fourth-order valence-corrected chi connectivity index (χ4v) is 2.26. The Hall–Kier alpha value is -1.97. The zero-order chi connectivity index (χ0) is 11.1. The quantitative estimate of drug-likeness (QED) is 0.723. The number of hydrogen-bond acceptors (Lipinski definition) is 3. The Morgan fingerprint density at radius 2 is 2.06 bits per heavy atom. The predicted octanol–water partition coefficient (Wildman–Crippen LogP) is 1.61. The molecular weight excluding hydrogens is 202 g/mol. The molecule has 1 heterocycles. The van der Waals surface area contributed by atoms with E-state index in [-0.39, 0.29) is 5.78 Å². The summed E-state index contributed by atoms with van der Waals surface area (Å²) in [7, 11) is 1.86. The van der Waals surface area contributed by atoms with Crippen LogP contribution in [0.1, 0.15) is 22.3 Å². The summed E-state index contributed by atoms with van der Waals surface area (Å²) in [5.74, 6) is 0.243. The molecule has 0 atom stereocenters. The maximum Gasteiger partial charge on any atom is 0.163 e. The summed E-state index contributed by atoms with van der Waals surface area (Å²) >= 11 is 0. The van der Waals surface area contributed by atoms with Crippen molar-refractivity contribution in [2.24, 2.45) is 7.05 Å². The lowest BCUT2D eigenvalue weighted by atomic mass is 10.0. The van der Waals surface area contributed by atoms with Gasteiger partial charge in [0.15, 0.2) is 5.78 Å². The topological polar surface area (TPSA) is 47.8 Å². The molecule has 1 aromatic heterocycles. The molecule has 0 saturated carbocycles. The van der Waals surface area contributed by atoms with Crippen LogP contribution in [0.2, 0.25) is 0 Å². The maximum absolute atomic E-state index is 11.6. The Labute approximate surface area is 92.9 Å². The molecule has 2 aromatic rings. The number of carbonyl (C=O) groups is 1. The van der Waals surface area contributed by atoms with Gasteiger partial charge in [-0.25, -0.2) is 4.68 Å². The van der Waals surface area contributed by atoms with E-state index in [9.17, 15) is 4.79 Å². The molecule has 1 aromatic carbocycles. The van der Waals surface area contributed by atoms with Gasteiger partial charge in [0.05, 0.1) is 11.9 Å². The lowest BCUT2D eigenvalue weighted by molar-refractivity contribution is 0.0994. The minimum Gasteiger partial charge on any atom is -0.294 e. The van der Waals surface area contributed by atoms with Crippen LogP contribution in [0.3, 0.4) is 0 Å². The number of nitrogens with zero attached hydrogens (tertiary/aromatic N) is 3. The standard InChI is InChI=1S/C12H11N3O/c1-15-11(7-13-14-15)9-3-2-4-10-8(9)5-6-12(10)16/h2-4,7H,5-6H2,1H3. The first-order valence-corrected chi connectivity index (χ1v) is 5.27. The second-order valence-corrected chi connectivity index (χ2v) is 4.00. The van der Waals surface area contributed by atoms with Crippen molar-refractivity contribution in [1.29, 1.82) is 0 Å². The summed E-state index contributed by atoms with van der Waals surface area (Å²) < 4.78 is 1.73. The number of carbonyl (C=O) groups excluding carboxylic acids is 1. The maximum atomic E-state index is 11.6. The van der Waals surface area contributed by atoms with Gasteiger partial charge >= 0.3 is 0 Å². The molecule has 0 bridgehead atoms. The molecule has 0 aliphatic heterocycles. The first kappa shape index (κ1) is 9.27. The fourth-order valence-electron chi connectivity index (χ4n) is 2.26. The van der Waals surface area contributed by atoms with Crippen LogP contribution in [0.5, 0.6) is 0 Å². The van der Waals surface area contributed by atoms with E-state index in [1.165, 1.54) is 0 Å². The Morgan fingerprint density at radius 3 is 2.81 bits per heavy atom. The zero-order valence-electron chi connectivity index (χ0n) is 8.97. The molecule has 0 saturated heterocycles. The monoisotopic (exact) mass is 213 g/mol. The lowest BCUT2D eigenvalue weighted by Gasteiger charge is -2.06. The Bertz CT molecular complexity index is 571. The van der Waals surface area contributed by atoms with Gasteiger partial charge < -0.3 is 0 Å². The smallest absolute Gasteiger partial charge is 0.163 e. The summed E-state index contributed by atoms with van der Waals surface area (Å²) in [6, 6.07) is 5.85. The number of aromatic nitrogens is 3. The van der Waals surface area contributed by atoms with Crippen molar-refractivity contribution in [2.45, 2.75) is 12.8 Å². The van der Waals surface area contributed by atoms with Gasteiger partial charge in [-0.2, -0.15) is 0 Å². The molecule has 16 heavy (non-hydrogen) atoms. The first-order valence-electron chi connectivity index (χ1n) is 5.27. The highest BCUT2D eigenvalue weighted by atomic mass is 16.1. The number of fused-ring (bicyclic) bond motifs is 1. The zero-order valence-corrected chi connectivity index (χ0v) is 8.97. The van der Waals surface area contributed by atoms with Gasteiger partial charge in [0.1, 0.15) is 0 Å². The average Bonchev–Trinajstić information content (AvgIpc) is 2.86. The predicted molar refractivity (Wildman–Crippen MR) is 59.1 cm³/mol. The molecule has 0 spiro atoms. The van der Waals surface area contributed by atoms with E-state index in [0.29, 0.717) is 6.42 Å². The van der Waals surface area contributed by atoms with E-state index in [0.717, 1.165) is 28.8 Å². The molecule has 3 rings (SSSR count). The number of aryl methyl sites for hydroxylation is 1. The van der Waals surface area contributed by atoms with E-state index in [4.69, 9.17) is 0 Å². The first-order chi connectivity index (χ1) is 7.77. The highest BCUT2D eigenvalue weighted by Gasteiger charge is 2.23. The lowest BCUT2D eigenvalue weighted by Crippen LogP contribution is -1.97. The van der Waals surface area contributed by atoms with Crippen molar-refractivity contribution in [3.63, 3.8) is 0 Å². The van der Waals surface area contributed by atoms with Crippen molar-refractivity contribution in [3.05, 3.63) is 35.5 Å². The minimum absolute atomic E-state index is 0.243. The normalized spacial score (nSPS) is 14.2. The van der Waals surface area contributed by atoms with Crippen LogP contribution in [0.15, 0.2) is 24.4 Å². The Balaban J connectivity index is 2.24. The molecule has 0 radical (unpaired) electrons. The van der Waals surface area contributed by atoms with Gasteiger partial charge in [0.2, 0.25) is 0 Å². The van der Waals surface area contributed by atoms with E-state index < -0.39 is 0 Å². The SMILES string of the molecule is Cn1nncc1-c1cccc2c1CCC2=O. The van der Waals surface area contributed by atoms with Crippen LogP contribution >= 0.6 is 0 Å². The molecule has 1 aliphatic carbocycles. The van der Waals surface area contributed by atoms with Crippen LogP contribution in [-0.4, -0.2) is 20.8 Å². The summed E-state index contributed by atoms with van der Waals surface area (Å²) in [5.41, 5.74) is 4.04. The van der Waals surface area contributed by atoms with E-state index in [1.54, 1.807) is 10.9 Å². The van der Waals surface area contributed by atoms with E-state index in [1.807, 2.05) is 25.2 Å². The molecular formula is C12H11N3O. The van der Waals surface area contributed by atoms with Crippen LogP contribution in [0.4, 0.5) is 0 Å². The molecule has 0 unspecified atom stereocenters. The highest BCUT2D eigenvalue weighted by Crippen LogP contribution is 2.31. The number of ketones is 1. The van der Waals surface area contributed by atoms with Crippen molar-refractivity contribution in [1.82, 2.24) is 15.0 Å². The summed E-state index contributed by atoms with van der Waals surface area (Å²) in [5, 5.41) is 7.79. The van der Waals surface area contributed by atoms with Crippen LogP contribution in [-0.2, 0) is 13.5 Å². The Morgan fingerprint density at radius 1 is 1.25 bits per heavy atom. The van der Waals surface area contributed by atoms with E-state index >= 15 is 0 Å². The molecule has 4 heteroatoms. The number of benzene rings is 1. The second-order valence-electron chi connectivity index (χ2n) is 4.00. The van der Waals surface area contributed by atoms with Crippen molar-refractivity contribution in [3.8, 4) is 11.3 Å². The second kappa shape index (κ2) is 3.27. The van der Waals surface area contributed by atoms with Gasteiger partial charge in [-0.3, -0.25) is 4.79 Å². The summed E-state index contributed by atoms with van der Waals surface area (Å²) in [4.78, 5) is 11.6. The van der Waals surface area contributed by atoms with Gasteiger partial charge in [-0.1, -0.05) is 23.4 Å². The number of Topliss-reactive ketones (excluding diaryl/α,β-unsaturated/α-hetero) is 1. The summed E-state index contributed by atoms with van der Waals surface area (Å²) in [6.45, 7) is 0. The molecule has 0 fully saturated rings. The van der Waals surface area contributed by atoms with Crippen molar-refractivity contribution < 1.29 is 4.79 Å². The third-order valence-electron chi connectivity index (χ3n) is 3.07. The molecule has 1 aliphatic rings. The van der Waals surface area contributed by atoms with Crippen LogP contribution in [0.25, 0.3) is 11.3 Å². The van der Waals surface area contributed by atoms with Gasteiger partial charge in [0, 0.05) is 24.6 Å². The van der Waals surface area contributed by atoms with Crippen LogP contribution in [0, 0.1) is 0 Å². The molecule has 0 N–H and O–H groups in total. The van der Waals surface area contributed by atoms with Crippen molar-refractivity contribution >= 4 is 5.78 Å². The van der Waals surface area contributed by atoms with Crippen molar-refractivity contribution in [2.75, 3.05) is 0 Å². The third-order valence-corrected chi connectivity index (χ3v) is 3.07. The molecule has 80 valence electrons. The summed E-state index contributed by atoms with van der Waals surface area (Å²) in [6.07, 6.45) is 3.19. The van der Waals surface area contributed by atoms with E-state index in [2.05, 4.69) is 10.3 Å². The number of hydrogen-bond donors (Lipinski definition) is 0. The van der Waals surface area contributed by atoms with Crippen LogP contribution < -0.4 is 0 Å². The highest BCUT2D eigenvalue weighted by molar-refractivity contribution is 6.02. The van der Waals surface area contributed by atoms with Gasteiger partial charge in [-0.05, 0) is 12.0 Å². The largest absolute Gasteiger partial charge is 0.294 e. The fraction of sp³-hybridized carbons (Fsp3) is 0.250. The van der Waals surface area contributed by atoms with Gasteiger partial charge in [0.25, 0.3) is 0 Å². The Kier molecular flexibility index (Phi) is 1.89. The molecule has 0 amide bonds. The minimum atomic E-state index is 0.243.